The van der Waals surface area contributed by atoms with Gasteiger partial charge in [-0.3, -0.25) is 19.6 Å². The molecule has 31 heavy (non-hydrogen) atoms. The monoisotopic (exact) mass is 443 g/mol. The molecule has 8 heteroatoms. The third kappa shape index (κ3) is 10.1. The average molecular weight is 444 g/mol. The fourth-order valence-electron chi connectivity index (χ4n) is 2.85. The number of carbonyl (C=O) groups excluding carboxylic acids is 3. The van der Waals surface area contributed by atoms with Crippen LogP contribution in [0.1, 0.15) is 30.4 Å². The number of aryl methyl sites for hydroxylation is 1. The van der Waals surface area contributed by atoms with Crippen molar-refractivity contribution in [3.05, 3.63) is 71.8 Å². The van der Waals surface area contributed by atoms with E-state index in [1.54, 1.807) is 5.48 Å². The normalized spacial score (nSPS) is 11.4. The number of hydrogen-bond acceptors (Lipinski definition) is 5. The second-order valence-electron chi connectivity index (χ2n) is 7.02. The predicted molar refractivity (Wildman–Crippen MR) is 121 cm³/mol. The van der Waals surface area contributed by atoms with E-state index in [-0.39, 0.29) is 18.2 Å². The minimum Gasteiger partial charge on any atom is -0.350 e. The smallest absolute Gasteiger partial charge is 0.243 e. The molecule has 166 valence electrons. The summed E-state index contributed by atoms with van der Waals surface area (Å²) in [7, 11) is 0. The van der Waals surface area contributed by atoms with Crippen molar-refractivity contribution in [2.45, 2.75) is 38.3 Å². The van der Waals surface area contributed by atoms with Gasteiger partial charge in [0, 0.05) is 25.1 Å². The molecule has 3 amide bonds. The van der Waals surface area contributed by atoms with Crippen molar-refractivity contribution in [2.75, 3.05) is 11.5 Å². The maximum Gasteiger partial charge on any atom is 0.243 e. The lowest BCUT2D eigenvalue weighted by Gasteiger charge is -2.18. The van der Waals surface area contributed by atoms with E-state index in [4.69, 9.17) is 5.21 Å². The molecule has 0 saturated carbocycles. The Bertz CT molecular complexity index is 818. The van der Waals surface area contributed by atoms with Crippen LogP contribution in [0.2, 0.25) is 0 Å². The molecule has 0 aliphatic heterocycles. The van der Waals surface area contributed by atoms with Gasteiger partial charge in [0.1, 0.15) is 6.04 Å². The molecule has 0 aliphatic carbocycles. The quantitative estimate of drug-likeness (QED) is 0.216. The second-order valence-corrected chi connectivity index (χ2v) is 8.17. The molecular formula is C23H29N3O4S. The maximum absolute atomic E-state index is 12.7. The van der Waals surface area contributed by atoms with Gasteiger partial charge in [-0.25, -0.2) is 5.48 Å². The molecule has 0 saturated heterocycles. The molecule has 0 fully saturated rings. The highest BCUT2D eigenvalue weighted by Gasteiger charge is 2.20. The Labute approximate surface area is 187 Å². The van der Waals surface area contributed by atoms with Crippen LogP contribution in [0.25, 0.3) is 0 Å². The van der Waals surface area contributed by atoms with Gasteiger partial charge < -0.3 is 10.6 Å². The van der Waals surface area contributed by atoms with Crippen molar-refractivity contribution in [3.63, 3.8) is 0 Å². The summed E-state index contributed by atoms with van der Waals surface area (Å²) < 4.78 is 0. The van der Waals surface area contributed by atoms with Crippen LogP contribution in [0, 0.1) is 0 Å². The molecule has 0 bridgehead atoms. The van der Waals surface area contributed by atoms with E-state index in [9.17, 15) is 14.4 Å². The topological polar surface area (TPSA) is 108 Å². The van der Waals surface area contributed by atoms with Crippen LogP contribution in [-0.2, 0) is 27.3 Å². The van der Waals surface area contributed by atoms with E-state index in [1.165, 1.54) is 11.8 Å². The number of hydroxylamine groups is 1. The molecule has 1 atom stereocenters. The van der Waals surface area contributed by atoms with Crippen LogP contribution in [0.4, 0.5) is 0 Å². The van der Waals surface area contributed by atoms with Gasteiger partial charge in [-0.15, -0.1) is 0 Å². The van der Waals surface area contributed by atoms with Gasteiger partial charge in [0.2, 0.25) is 17.7 Å². The van der Waals surface area contributed by atoms with Crippen LogP contribution >= 0.6 is 11.8 Å². The van der Waals surface area contributed by atoms with E-state index in [0.29, 0.717) is 37.3 Å². The summed E-state index contributed by atoms with van der Waals surface area (Å²) in [6.07, 6.45) is 1.68. The fraction of sp³-hybridized carbons (Fsp3) is 0.348. The first kappa shape index (κ1) is 24.4. The summed E-state index contributed by atoms with van der Waals surface area (Å²) >= 11 is 1.48. The summed E-state index contributed by atoms with van der Waals surface area (Å²) in [5.41, 5.74) is 3.65. The van der Waals surface area contributed by atoms with E-state index >= 15 is 0 Å². The van der Waals surface area contributed by atoms with Crippen LogP contribution in [0.5, 0.6) is 0 Å². The van der Waals surface area contributed by atoms with Crippen molar-refractivity contribution in [2.24, 2.45) is 0 Å². The molecule has 2 aromatic rings. The lowest BCUT2D eigenvalue weighted by molar-refractivity contribution is -0.129. The SMILES string of the molecule is O=C(CCCSC[C@H](NC(=O)CCc1ccccc1)C(=O)NCc1ccccc1)NO. The maximum atomic E-state index is 12.7. The van der Waals surface area contributed by atoms with Crippen LogP contribution in [0.3, 0.4) is 0 Å². The largest absolute Gasteiger partial charge is 0.350 e. The molecule has 7 nitrogen and oxygen atoms in total. The minimum atomic E-state index is -0.663. The Hall–Kier alpha value is -2.84. The number of nitrogens with one attached hydrogen (secondary N) is 3. The summed E-state index contributed by atoms with van der Waals surface area (Å²) in [6, 6.07) is 18.6. The van der Waals surface area contributed by atoms with Crippen LogP contribution in [-0.4, -0.2) is 40.5 Å². The fourth-order valence-corrected chi connectivity index (χ4v) is 3.84. The third-order valence-corrected chi connectivity index (χ3v) is 5.69. The summed E-state index contributed by atoms with van der Waals surface area (Å²) in [6.45, 7) is 0.386. The van der Waals surface area contributed by atoms with E-state index in [0.717, 1.165) is 11.1 Å². The number of amides is 3. The minimum absolute atomic E-state index is 0.177. The van der Waals surface area contributed by atoms with Crippen molar-refractivity contribution < 1.29 is 19.6 Å². The molecule has 2 aromatic carbocycles. The molecule has 0 spiro atoms. The van der Waals surface area contributed by atoms with Crippen molar-refractivity contribution in [3.8, 4) is 0 Å². The Balaban J connectivity index is 1.84. The highest BCUT2D eigenvalue weighted by molar-refractivity contribution is 7.99. The lowest BCUT2D eigenvalue weighted by Crippen LogP contribution is -2.48. The number of benzene rings is 2. The number of hydrogen-bond donors (Lipinski definition) is 4. The van der Waals surface area contributed by atoms with Crippen LogP contribution in [0.15, 0.2) is 60.7 Å². The zero-order valence-corrected chi connectivity index (χ0v) is 18.2. The molecule has 0 unspecified atom stereocenters. The lowest BCUT2D eigenvalue weighted by atomic mass is 10.1. The molecule has 4 N–H and O–H groups in total. The van der Waals surface area contributed by atoms with E-state index in [1.807, 2.05) is 60.7 Å². The van der Waals surface area contributed by atoms with Crippen LogP contribution < -0.4 is 16.1 Å². The second kappa shape index (κ2) is 14.2. The highest BCUT2D eigenvalue weighted by Crippen LogP contribution is 2.09. The standard InChI is InChI=1S/C23H29N3O4S/c27-21(14-13-18-8-3-1-4-9-18)25-20(17-31-15-7-12-22(28)26-30)23(29)24-16-19-10-5-2-6-11-19/h1-6,8-11,20,30H,7,12-17H2,(H,24,29)(H,25,27)(H,26,28)/t20-/m0/s1. The molecular weight excluding hydrogens is 414 g/mol. The van der Waals surface area contributed by atoms with E-state index in [2.05, 4.69) is 10.6 Å². The van der Waals surface area contributed by atoms with Crippen molar-refractivity contribution in [1.82, 2.24) is 16.1 Å². The molecule has 0 aromatic heterocycles. The average Bonchev–Trinajstić information content (AvgIpc) is 2.81. The molecule has 0 heterocycles. The van der Waals surface area contributed by atoms with Crippen molar-refractivity contribution >= 4 is 29.5 Å². The van der Waals surface area contributed by atoms with E-state index < -0.39 is 11.9 Å². The van der Waals surface area contributed by atoms with Gasteiger partial charge >= 0.3 is 0 Å². The Morgan fingerprint density at radius 2 is 1.52 bits per heavy atom. The predicted octanol–water partition coefficient (Wildman–Crippen LogP) is 2.44. The zero-order valence-electron chi connectivity index (χ0n) is 17.4. The highest BCUT2D eigenvalue weighted by atomic mass is 32.2. The van der Waals surface area contributed by atoms with Gasteiger partial charge in [0.15, 0.2) is 0 Å². The van der Waals surface area contributed by atoms with Crippen molar-refractivity contribution in [1.29, 1.82) is 0 Å². The van der Waals surface area contributed by atoms with Gasteiger partial charge in [-0.05, 0) is 29.7 Å². The Morgan fingerprint density at radius 1 is 0.871 bits per heavy atom. The van der Waals surface area contributed by atoms with Gasteiger partial charge in [-0.2, -0.15) is 11.8 Å². The van der Waals surface area contributed by atoms with Gasteiger partial charge in [0.25, 0.3) is 0 Å². The Morgan fingerprint density at radius 3 is 2.16 bits per heavy atom. The summed E-state index contributed by atoms with van der Waals surface area (Å²) in [5.74, 6) is 0.183. The molecule has 2 rings (SSSR count). The summed E-state index contributed by atoms with van der Waals surface area (Å²) in [4.78, 5) is 36.2. The molecule has 0 aliphatic rings. The molecule has 0 radical (unpaired) electrons. The van der Waals surface area contributed by atoms with Gasteiger partial charge in [0.05, 0.1) is 0 Å². The first-order chi connectivity index (χ1) is 15.1. The number of carbonyl (C=O) groups is 3. The number of rotatable bonds is 13. The Kier molecular flexibility index (Phi) is 11.2. The first-order valence-electron chi connectivity index (χ1n) is 10.2. The zero-order chi connectivity index (χ0) is 22.3. The summed E-state index contributed by atoms with van der Waals surface area (Å²) in [5, 5.41) is 14.3. The first-order valence-corrected chi connectivity index (χ1v) is 11.4. The van der Waals surface area contributed by atoms with Gasteiger partial charge in [-0.1, -0.05) is 60.7 Å². The third-order valence-electron chi connectivity index (χ3n) is 4.55. The number of thioether (sulfide) groups is 1.